The van der Waals surface area contributed by atoms with Crippen LogP contribution in [0.1, 0.15) is 0 Å². The van der Waals surface area contributed by atoms with Crippen LogP contribution in [0.2, 0.25) is 0 Å². The predicted molar refractivity (Wildman–Crippen MR) is 114 cm³/mol. The molecular formula is C20H20N2O5S2. The molecule has 29 heavy (non-hydrogen) atoms. The molecule has 0 N–H and O–H groups in total. The van der Waals surface area contributed by atoms with E-state index < -0.39 is 15.7 Å². The van der Waals surface area contributed by atoms with E-state index in [9.17, 15) is 13.2 Å². The van der Waals surface area contributed by atoms with Crippen LogP contribution < -0.4 is 14.4 Å². The molecule has 0 spiro atoms. The molecule has 0 aromatic heterocycles. The average molecular weight is 433 g/mol. The second-order valence-corrected chi connectivity index (χ2v) is 10.1. The Morgan fingerprint density at radius 2 is 1.90 bits per heavy atom. The summed E-state index contributed by atoms with van der Waals surface area (Å²) in [6.45, 7) is -0.187. The van der Waals surface area contributed by atoms with Crippen molar-refractivity contribution in [1.29, 1.82) is 0 Å². The molecule has 152 valence electrons. The largest absolute Gasteiger partial charge is 0.497 e. The molecular weight excluding hydrogens is 412 g/mol. The summed E-state index contributed by atoms with van der Waals surface area (Å²) in [5.74, 6) is 0.932. The molecule has 0 radical (unpaired) electrons. The van der Waals surface area contributed by atoms with Crippen molar-refractivity contribution in [3.63, 3.8) is 0 Å². The van der Waals surface area contributed by atoms with Gasteiger partial charge in [-0.3, -0.25) is 4.79 Å². The maximum absolute atomic E-state index is 12.4. The molecule has 1 amide bonds. The first kappa shape index (κ1) is 19.8. The summed E-state index contributed by atoms with van der Waals surface area (Å²) in [5, 5.41) is 0.331. The molecule has 0 saturated carbocycles. The van der Waals surface area contributed by atoms with Crippen LogP contribution in [0.4, 0.5) is 5.69 Å². The fourth-order valence-corrected chi connectivity index (χ4v) is 7.36. The normalized spacial score (nSPS) is 23.8. The van der Waals surface area contributed by atoms with Crippen LogP contribution in [-0.4, -0.2) is 56.0 Å². The number of carbonyl (C=O) groups excluding carboxylic acids is 1. The number of rotatable bonds is 5. The number of hydrogen-bond donors (Lipinski definition) is 0. The molecule has 2 aromatic rings. The number of carbonyl (C=O) groups is 1. The maximum atomic E-state index is 12.4. The lowest BCUT2D eigenvalue weighted by atomic mass is 10.2. The third-order valence-electron chi connectivity index (χ3n) is 4.72. The highest BCUT2D eigenvalue weighted by molar-refractivity contribution is 8.16. The standard InChI is InChI=1S/C20H20N2O5S2/c1-26-16-9-5-6-14(10-16)22-17-12-29(24,25)13-18(17)28-20(22)21-19(23)11-27-15-7-3-2-4-8-15/h2-10,17-18H,11-13H2,1H3/t17-,18-/m0/s1. The molecule has 2 atom stereocenters. The first-order valence-corrected chi connectivity index (χ1v) is 11.7. The molecule has 2 aromatic carbocycles. The molecule has 2 fully saturated rings. The lowest BCUT2D eigenvalue weighted by Gasteiger charge is -2.24. The summed E-state index contributed by atoms with van der Waals surface area (Å²) in [6.07, 6.45) is 0. The van der Waals surface area contributed by atoms with Gasteiger partial charge >= 0.3 is 0 Å². The van der Waals surface area contributed by atoms with E-state index in [1.165, 1.54) is 11.8 Å². The fourth-order valence-electron chi connectivity index (χ4n) is 3.43. The fraction of sp³-hybridized carbons (Fsp3) is 0.300. The Hall–Kier alpha value is -2.52. The molecule has 4 rings (SSSR count). The smallest absolute Gasteiger partial charge is 0.285 e. The molecule has 2 heterocycles. The zero-order valence-corrected chi connectivity index (χ0v) is 17.4. The number of hydrogen-bond acceptors (Lipinski definition) is 6. The van der Waals surface area contributed by atoms with Crippen LogP contribution in [0.25, 0.3) is 0 Å². The van der Waals surface area contributed by atoms with Crippen molar-refractivity contribution in [1.82, 2.24) is 0 Å². The summed E-state index contributed by atoms with van der Waals surface area (Å²) < 4.78 is 35.1. The van der Waals surface area contributed by atoms with Crippen LogP contribution in [0.15, 0.2) is 59.6 Å². The van der Waals surface area contributed by atoms with E-state index in [2.05, 4.69) is 4.99 Å². The molecule has 0 bridgehead atoms. The molecule has 2 aliphatic rings. The van der Waals surface area contributed by atoms with Crippen molar-refractivity contribution in [2.24, 2.45) is 4.99 Å². The van der Waals surface area contributed by atoms with Crippen LogP contribution >= 0.6 is 11.8 Å². The van der Waals surface area contributed by atoms with E-state index in [1.54, 1.807) is 19.2 Å². The van der Waals surface area contributed by atoms with Gasteiger partial charge in [-0.1, -0.05) is 36.0 Å². The van der Waals surface area contributed by atoms with Crippen LogP contribution in [-0.2, 0) is 14.6 Å². The number of amides is 1. The van der Waals surface area contributed by atoms with Crippen molar-refractivity contribution in [2.45, 2.75) is 11.3 Å². The first-order chi connectivity index (χ1) is 13.9. The molecule has 2 saturated heterocycles. The average Bonchev–Trinajstić information content (AvgIpc) is 3.17. The first-order valence-electron chi connectivity index (χ1n) is 9.05. The summed E-state index contributed by atoms with van der Waals surface area (Å²) in [4.78, 5) is 18.5. The molecule has 2 aliphatic heterocycles. The Labute approximate surface area is 173 Å². The van der Waals surface area contributed by atoms with Gasteiger partial charge in [-0.25, -0.2) is 8.42 Å². The summed E-state index contributed by atoms with van der Waals surface area (Å²) in [6, 6.07) is 16.1. The van der Waals surface area contributed by atoms with Crippen molar-refractivity contribution >= 4 is 38.4 Å². The Balaban J connectivity index is 1.59. The zero-order valence-electron chi connectivity index (χ0n) is 15.7. The van der Waals surface area contributed by atoms with E-state index in [1.807, 2.05) is 47.4 Å². The van der Waals surface area contributed by atoms with Crippen molar-refractivity contribution in [2.75, 3.05) is 30.1 Å². The van der Waals surface area contributed by atoms with Crippen molar-refractivity contribution in [3.8, 4) is 11.5 Å². The van der Waals surface area contributed by atoms with Gasteiger partial charge in [-0.05, 0) is 24.3 Å². The molecule has 7 nitrogen and oxygen atoms in total. The minimum atomic E-state index is -3.12. The number of nitrogens with zero attached hydrogens (tertiary/aromatic N) is 2. The Morgan fingerprint density at radius 3 is 2.66 bits per heavy atom. The summed E-state index contributed by atoms with van der Waals surface area (Å²) >= 11 is 1.33. The predicted octanol–water partition coefficient (Wildman–Crippen LogP) is 2.38. The third kappa shape index (κ3) is 4.40. The number of thioether (sulfide) groups is 1. The van der Waals surface area contributed by atoms with E-state index in [0.29, 0.717) is 16.7 Å². The number of ether oxygens (including phenoxy) is 2. The minimum absolute atomic E-state index is 0.0373. The topological polar surface area (TPSA) is 85.3 Å². The van der Waals surface area contributed by atoms with Gasteiger partial charge < -0.3 is 14.4 Å². The SMILES string of the molecule is COc1cccc(N2C(=NC(=O)COc3ccccc3)S[C@H]3CS(=O)(=O)C[C@@H]32)c1. The van der Waals surface area contributed by atoms with Gasteiger partial charge in [-0.2, -0.15) is 4.99 Å². The number of fused-ring (bicyclic) bond motifs is 1. The second-order valence-electron chi connectivity index (χ2n) is 6.76. The van der Waals surface area contributed by atoms with Gasteiger partial charge in [0.05, 0.1) is 24.7 Å². The summed E-state index contributed by atoms with van der Waals surface area (Å²) in [5.41, 5.74) is 0.747. The number of aliphatic imine (C=N–C) groups is 1. The Morgan fingerprint density at radius 1 is 1.14 bits per heavy atom. The quantitative estimate of drug-likeness (QED) is 0.717. The van der Waals surface area contributed by atoms with Gasteiger partial charge in [-0.15, -0.1) is 0 Å². The number of methoxy groups -OCH3 is 1. The monoisotopic (exact) mass is 432 g/mol. The number of benzene rings is 2. The molecule has 0 unspecified atom stereocenters. The lowest BCUT2D eigenvalue weighted by Crippen LogP contribution is -2.37. The second kappa shape index (κ2) is 8.08. The van der Waals surface area contributed by atoms with E-state index >= 15 is 0 Å². The van der Waals surface area contributed by atoms with E-state index in [0.717, 1.165) is 5.69 Å². The maximum Gasteiger partial charge on any atom is 0.285 e. The number of sulfone groups is 1. The highest BCUT2D eigenvalue weighted by Gasteiger charge is 2.49. The van der Waals surface area contributed by atoms with Crippen molar-refractivity contribution in [3.05, 3.63) is 54.6 Å². The van der Waals surface area contributed by atoms with Crippen LogP contribution in [0, 0.1) is 0 Å². The molecule has 9 heteroatoms. The van der Waals surface area contributed by atoms with Crippen molar-refractivity contribution < 1.29 is 22.7 Å². The third-order valence-corrected chi connectivity index (χ3v) is 7.93. The minimum Gasteiger partial charge on any atom is -0.497 e. The highest BCUT2D eigenvalue weighted by Crippen LogP contribution is 2.41. The summed E-state index contributed by atoms with van der Waals surface area (Å²) in [7, 11) is -1.55. The zero-order chi connectivity index (χ0) is 20.4. The van der Waals surface area contributed by atoms with Gasteiger partial charge in [0.15, 0.2) is 21.6 Å². The lowest BCUT2D eigenvalue weighted by molar-refractivity contribution is -0.119. The number of para-hydroxylation sites is 1. The Kier molecular flexibility index (Phi) is 5.51. The van der Waals surface area contributed by atoms with Gasteiger partial charge in [0.25, 0.3) is 5.91 Å². The van der Waals surface area contributed by atoms with Crippen LogP contribution in [0.3, 0.4) is 0 Å². The van der Waals surface area contributed by atoms with Gasteiger partial charge in [0.2, 0.25) is 0 Å². The Bertz CT molecular complexity index is 1040. The van der Waals surface area contributed by atoms with Crippen LogP contribution in [0.5, 0.6) is 11.5 Å². The highest BCUT2D eigenvalue weighted by atomic mass is 32.2. The number of amidine groups is 1. The van der Waals surface area contributed by atoms with Gasteiger partial charge in [0, 0.05) is 17.0 Å². The van der Waals surface area contributed by atoms with E-state index in [-0.39, 0.29) is 29.4 Å². The van der Waals surface area contributed by atoms with Gasteiger partial charge in [0.1, 0.15) is 11.5 Å². The molecule has 0 aliphatic carbocycles. The number of anilines is 1. The van der Waals surface area contributed by atoms with E-state index in [4.69, 9.17) is 9.47 Å².